The summed E-state index contributed by atoms with van der Waals surface area (Å²) in [6.07, 6.45) is -0.271. The summed E-state index contributed by atoms with van der Waals surface area (Å²) in [5, 5.41) is 17.3. The van der Waals surface area contributed by atoms with Crippen molar-refractivity contribution in [3.8, 4) is 11.5 Å². The zero-order chi connectivity index (χ0) is 27.3. The average molecular weight is 525 g/mol. The number of oxime groups is 2. The molecule has 0 aromatic heterocycles. The van der Waals surface area contributed by atoms with Gasteiger partial charge in [0, 0.05) is 11.1 Å². The smallest absolute Gasteiger partial charge is 0.309 e. The molecule has 4 aromatic carbocycles. The van der Waals surface area contributed by atoms with Crippen molar-refractivity contribution in [2.75, 3.05) is 7.11 Å². The second-order valence-electron chi connectivity index (χ2n) is 8.38. The third-order valence-corrected chi connectivity index (χ3v) is 5.51. The Balaban J connectivity index is 1.32. The van der Waals surface area contributed by atoms with E-state index >= 15 is 0 Å². The van der Waals surface area contributed by atoms with Gasteiger partial charge in [0.15, 0.2) is 5.75 Å². The van der Waals surface area contributed by atoms with Gasteiger partial charge in [0.25, 0.3) is 5.90 Å². The fourth-order valence-corrected chi connectivity index (χ4v) is 3.54. The zero-order valence-corrected chi connectivity index (χ0v) is 21.4. The number of aliphatic carboxylic acids is 1. The SMILES string of the molecule is CO/N=C(\OCc1ccc(COc2ccc(/C(CC(=O)O)=N\Oc3ccccc3)cc2)cc1)c1ccccc1. The third kappa shape index (κ3) is 8.46. The van der Waals surface area contributed by atoms with Crippen molar-refractivity contribution in [1.29, 1.82) is 0 Å². The maximum Gasteiger partial charge on any atom is 0.309 e. The van der Waals surface area contributed by atoms with E-state index in [1.54, 1.807) is 36.4 Å². The Hall–Kier alpha value is -5.11. The van der Waals surface area contributed by atoms with E-state index in [-0.39, 0.29) is 6.42 Å². The van der Waals surface area contributed by atoms with Crippen molar-refractivity contribution in [1.82, 2.24) is 0 Å². The van der Waals surface area contributed by atoms with Crippen LogP contribution in [0.4, 0.5) is 0 Å². The molecule has 0 radical (unpaired) electrons. The van der Waals surface area contributed by atoms with Gasteiger partial charge in [-0.25, -0.2) is 0 Å². The van der Waals surface area contributed by atoms with Gasteiger partial charge >= 0.3 is 5.97 Å². The Morgan fingerprint density at radius 1 is 0.692 bits per heavy atom. The van der Waals surface area contributed by atoms with E-state index in [2.05, 4.69) is 10.3 Å². The molecule has 8 nitrogen and oxygen atoms in total. The molecule has 0 saturated carbocycles. The maximum absolute atomic E-state index is 11.3. The van der Waals surface area contributed by atoms with Crippen molar-refractivity contribution in [2.24, 2.45) is 10.3 Å². The third-order valence-electron chi connectivity index (χ3n) is 5.51. The van der Waals surface area contributed by atoms with Crippen molar-refractivity contribution < 1.29 is 29.0 Å². The van der Waals surface area contributed by atoms with Gasteiger partial charge in [0.2, 0.25) is 0 Å². The second kappa shape index (κ2) is 14.0. The van der Waals surface area contributed by atoms with Crippen LogP contribution in [0.25, 0.3) is 0 Å². The van der Waals surface area contributed by atoms with Crippen LogP contribution in [0.3, 0.4) is 0 Å². The Morgan fingerprint density at radius 3 is 1.92 bits per heavy atom. The van der Waals surface area contributed by atoms with E-state index in [9.17, 15) is 9.90 Å². The summed E-state index contributed by atoms with van der Waals surface area (Å²) in [4.78, 5) is 21.7. The number of hydrogen-bond acceptors (Lipinski definition) is 7. The summed E-state index contributed by atoms with van der Waals surface area (Å²) in [7, 11) is 1.48. The summed E-state index contributed by atoms with van der Waals surface area (Å²) >= 11 is 0. The maximum atomic E-state index is 11.3. The minimum absolute atomic E-state index is 0.271. The van der Waals surface area contributed by atoms with Crippen LogP contribution in [0.5, 0.6) is 11.5 Å². The van der Waals surface area contributed by atoms with Gasteiger partial charge in [0.1, 0.15) is 26.1 Å². The van der Waals surface area contributed by atoms with Crippen LogP contribution in [0.1, 0.15) is 28.7 Å². The number of rotatable bonds is 12. The van der Waals surface area contributed by atoms with Crippen molar-refractivity contribution in [3.05, 3.63) is 131 Å². The van der Waals surface area contributed by atoms with Crippen molar-refractivity contribution in [3.63, 3.8) is 0 Å². The summed E-state index contributed by atoms with van der Waals surface area (Å²) < 4.78 is 11.8. The van der Waals surface area contributed by atoms with E-state index in [1.807, 2.05) is 72.8 Å². The van der Waals surface area contributed by atoms with Crippen molar-refractivity contribution in [2.45, 2.75) is 19.6 Å². The van der Waals surface area contributed by atoms with Crippen LogP contribution >= 0.6 is 0 Å². The molecule has 0 amide bonds. The molecule has 1 N–H and O–H groups in total. The zero-order valence-electron chi connectivity index (χ0n) is 21.4. The first-order valence-electron chi connectivity index (χ1n) is 12.2. The summed E-state index contributed by atoms with van der Waals surface area (Å²) in [6.45, 7) is 0.710. The first-order chi connectivity index (χ1) is 19.1. The average Bonchev–Trinajstić information content (AvgIpc) is 2.98. The van der Waals surface area contributed by atoms with E-state index in [0.717, 1.165) is 16.7 Å². The molecule has 0 fully saturated rings. The standard InChI is InChI=1S/C31H28N2O6/c1-36-33-31(26-8-4-2-5-9-26)38-22-24-14-12-23(13-15-24)21-37-27-18-16-25(17-19-27)29(20-30(34)35)32-39-28-10-6-3-7-11-28/h2-19H,20-22H2,1H3,(H,34,35)/b32-29-,33-31-. The predicted octanol–water partition coefficient (Wildman–Crippen LogP) is 6.05. The molecule has 0 aliphatic carbocycles. The molecule has 4 aromatic rings. The van der Waals surface area contributed by atoms with Gasteiger partial charge < -0.3 is 24.3 Å². The van der Waals surface area contributed by atoms with Crippen LogP contribution in [0.2, 0.25) is 0 Å². The summed E-state index contributed by atoms with van der Waals surface area (Å²) in [5.74, 6) is 0.588. The highest BCUT2D eigenvalue weighted by Gasteiger charge is 2.11. The number of nitrogens with zero attached hydrogens (tertiary/aromatic N) is 2. The molecule has 0 heterocycles. The lowest BCUT2D eigenvalue weighted by Gasteiger charge is -2.10. The molecule has 0 bridgehead atoms. The topological polar surface area (TPSA) is 98.9 Å². The molecule has 8 heteroatoms. The molecule has 4 rings (SSSR count). The molecule has 198 valence electrons. The monoisotopic (exact) mass is 524 g/mol. The Bertz CT molecular complexity index is 1390. The van der Waals surface area contributed by atoms with Crippen LogP contribution in [0.15, 0.2) is 120 Å². The molecular weight excluding hydrogens is 496 g/mol. The second-order valence-corrected chi connectivity index (χ2v) is 8.38. The number of carboxylic acid groups (broad SMARTS) is 1. The fourth-order valence-electron chi connectivity index (χ4n) is 3.54. The molecule has 0 aliphatic heterocycles. The molecule has 0 aliphatic rings. The highest BCUT2D eigenvalue weighted by Crippen LogP contribution is 2.18. The number of ether oxygens (including phenoxy) is 2. The minimum atomic E-state index is -0.998. The summed E-state index contributed by atoms with van der Waals surface area (Å²) in [5.41, 5.74) is 3.74. The minimum Gasteiger partial charge on any atom is -0.489 e. The lowest BCUT2D eigenvalue weighted by atomic mass is 10.1. The van der Waals surface area contributed by atoms with E-state index < -0.39 is 5.97 Å². The Kier molecular flexibility index (Phi) is 9.67. The largest absolute Gasteiger partial charge is 0.489 e. The normalized spacial score (nSPS) is 11.5. The predicted molar refractivity (Wildman–Crippen MR) is 148 cm³/mol. The molecule has 0 unspecified atom stereocenters. The Morgan fingerprint density at radius 2 is 1.31 bits per heavy atom. The lowest BCUT2D eigenvalue weighted by molar-refractivity contribution is -0.135. The van der Waals surface area contributed by atoms with Crippen LogP contribution in [-0.4, -0.2) is 29.8 Å². The first-order valence-corrected chi connectivity index (χ1v) is 12.2. The molecule has 0 atom stereocenters. The highest BCUT2D eigenvalue weighted by molar-refractivity contribution is 6.08. The molecule has 39 heavy (non-hydrogen) atoms. The van der Waals surface area contributed by atoms with E-state index in [0.29, 0.717) is 41.9 Å². The fraction of sp³-hybridized carbons (Fsp3) is 0.129. The Labute approximate surface area is 226 Å². The molecule has 0 spiro atoms. The summed E-state index contributed by atoms with van der Waals surface area (Å²) in [6, 6.07) is 33.5. The van der Waals surface area contributed by atoms with Crippen LogP contribution in [-0.2, 0) is 27.6 Å². The first kappa shape index (κ1) is 26.9. The van der Waals surface area contributed by atoms with Gasteiger partial charge in [-0.2, -0.15) is 0 Å². The lowest BCUT2D eigenvalue weighted by Crippen LogP contribution is -2.10. The number of hydrogen-bond donors (Lipinski definition) is 1. The number of carboxylic acids is 1. The molecular formula is C31H28N2O6. The van der Waals surface area contributed by atoms with Gasteiger partial charge in [-0.1, -0.05) is 65.8 Å². The molecule has 0 saturated heterocycles. The van der Waals surface area contributed by atoms with E-state index in [4.69, 9.17) is 19.1 Å². The van der Waals surface area contributed by atoms with Gasteiger partial charge in [-0.3, -0.25) is 4.79 Å². The van der Waals surface area contributed by atoms with Gasteiger partial charge in [-0.05, 0) is 64.8 Å². The van der Waals surface area contributed by atoms with Gasteiger partial charge in [0.05, 0.1) is 12.1 Å². The number of carbonyl (C=O) groups is 1. The van der Waals surface area contributed by atoms with Gasteiger partial charge in [-0.15, -0.1) is 0 Å². The van der Waals surface area contributed by atoms with Crippen LogP contribution in [0, 0.1) is 0 Å². The number of para-hydroxylation sites is 1. The quantitative estimate of drug-likeness (QED) is 0.138. The van der Waals surface area contributed by atoms with Crippen LogP contribution < -0.4 is 9.57 Å². The van der Waals surface area contributed by atoms with E-state index in [1.165, 1.54) is 7.11 Å². The number of benzene rings is 4. The highest BCUT2D eigenvalue weighted by atomic mass is 16.6. The van der Waals surface area contributed by atoms with Crippen molar-refractivity contribution >= 4 is 17.6 Å².